The highest BCUT2D eigenvalue weighted by Crippen LogP contribution is 2.23. The van der Waals surface area contributed by atoms with Gasteiger partial charge in [0.15, 0.2) is 0 Å². The molecule has 4 heteroatoms. The Hall–Kier alpha value is -2.49. The van der Waals surface area contributed by atoms with E-state index in [-0.39, 0.29) is 5.56 Å². The quantitative estimate of drug-likeness (QED) is 0.719. The summed E-state index contributed by atoms with van der Waals surface area (Å²) in [5, 5.41) is 12.2. The lowest BCUT2D eigenvalue weighted by Gasteiger charge is -2.12. The number of hydrogen-bond acceptors (Lipinski definition) is 3. The van der Waals surface area contributed by atoms with E-state index >= 15 is 0 Å². The monoisotopic (exact) mass is 256 g/mol. The molecule has 0 aliphatic carbocycles. The Kier molecular flexibility index (Phi) is 4.03. The Balaban J connectivity index is 2.05. The number of carbonyl (C=O) groups is 1. The van der Waals surface area contributed by atoms with Gasteiger partial charge in [0.2, 0.25) is 0 Å². The largest absolute Gasteiger partial charge is 0.478 e. The van der Waals surface area contributed by atoms with Gasteiger partial charge in [-0.05, 0) is 24.1 Å². The molecule has 0 saturated heterocycles. The van der Waals surface area contributed by atoms with Gasteiger partial charge in [0.05, 0.1) is 16.9 Å². The number of aromatic carboxylic acids is 1. The van der Waals surface area contributed by atoms with E-state index in [1.807, 2.05) is 30.3 Å². The summed E-state index contributed by atoms with van der Waals surface area (Å²) in [4.78, 5) is 11.1. The predicted octanol–water partition coefficient (Wildman–Crippen LogP) is 2.62. The molecule has 0 bridgehead atoms. The van der Waals surface area contributed by atoms with Crippen LogP contribution in [0.25, 0.3) is 0 Å². The summed E-state index contributed by atoms with van der Waals surface area (Å²) in [6, 6.07) is 14.9. The van der Waals surface area contributed by atoms with Crippen molar-refractivity contribution in [2.24, 2.45) is 0 Å². The normalized spacial score (nSPS) is 10.1. The zero-order valence-electron chi connectivity index (χ0n) is 10.5. The van der Waals surface area contributed by atoms with Crippen LogP contribution in [-0.4, -0.2) is 17.6 Å². The summed E-state index contributed by atoms with van der Waals surface area (Å²) in [5.74, 6) is -0.977. The number of para-hydroxylation sites is 1. The topological polar surface area (TPSA) is 75.4 Å². The minimum absolute atomic E-state index is 0.202. The number of benzene rings is 2. The minimum atomic E-state index is -0.977. The molecule has 4 N–H and O–H groups in total. The van der Waals surface area contributed by atoms with Gasteiger partial charge in [-0.3, -0.25) is 0 Å². The van der Waals surface area contributed by atoms with E-state index in [2.05, 4.69) is 5.32 Å². The zero-order valence-corrected chi connectivity index (χ0v) is 10.5. The van der Waals surface area contributed by atoms with Crippen molar-refractivity contribution in [2.75, 3.05) is 17.6 Å². The number of nitrogens with one attached hydrogen (secondary N) is 1. The van der Waals surface area contributed by atoms with Crippen LogP contribution < -0.4 is 11.1 Å². The Bertz CT molecular complexity index is 568. The van der Waals surface area contributed by atoms with E-state index in [0.717, 1.165) is 6.42 Å². The molecule has 0 radical (unpaired) electrons. The molecule has 0 fully saturated rings. The van der Waals surface area contributed by atoms with Gasteiger partial charge in [-0.2, -0.15) is 0 Å². The van der Waals surface area contributed by atoms with Crippen molar-refractivity contribution in [2.45, 2.75) is 6.42 Å². The van der Waals surface area contributed by atoms with Gasteiger partial charge in [0.25, 0.3) is 0 Å². The molecule has 0 unspecified atom stereocenters. The summed E-state index contributed by atoms with van der Waals surface area (Å²) < 4.78 is 0. The number of carboxylic acids is 1. The van der Waals surface area contributed by atoms with Crippen molar-refractivity contribution in [3.8, 4) is 0 Å². The summed E-state index contributed by atoms with van der Waals surface area (Å²) in [7, 11) is 0. The van der Waals surface area contributed by atoms with Crippen LogP contribution in [0, 0.1) is 0 Å². The molecular formula is C15H16N2O2. The highest BCUT2D eigenvalue weighted by Gasteiger charge is 2.11. The number of nitrogens with two attached hydrogens (primary N) is 1. The molecule has 0 aromatic heterocycles. The van der Waals surface area contributed by atoms with E-state index in [1.165, 1.54) is 5.56 Å². The number of hydrogen-bond donors (Lipinski definition) is 3. The van der Waals surface area contributed by atoms with Crippen molar-refractivity contribution in [3.05, 3.63) is 59.7 Å². The third-order valence-electron chi connectivity index (χ3n) is 2.89. The lowest BCUT2D eigenvalue weighted by Crippen LogP contribution is -2.11. The number of anilines is 2. The number of rotatable bonds is 5. The average molecular weight is 256 g/mol. The maximum atomic E-state index is 11.1. The standard InChI is InChI=1S/C15H16N2O2/c16-13-8-4-7-12(15(18)19)14(13)17-10-9-11-5-2-1-3-6-11/h1-8,17H,9-10,16H2,(H,18,19). The molecule has 98 valence electrons. The van der Waals surface area contributed by atoms with Crippen LogP contribution in [0.15, 0.2) is 48.5 Å². The number of carboxylic acid groups (broad SMARTS) is 1. The molecular weight excluding hydrogens is 240 g/mol. The molecule has 19 heavy (non-hydrogen) atoms. The molecule has 0 spiro atoms. The summed E-state index contributed by atoms with van der Waals surface area (Å²) >= 11 is 0. The SMILES string of the molecule is Nc1cccc(C(=O)O)c1NCCc1ccccc1. The highest BCUT2D eigenvalue weighted by atomic mass is 16.4. The second-order valence-electron chi connectivity index (χ2n) is 4.24. The first-order valence-corrected chi connectivity index (χ1v) is 6.08. The lowest BCUT2D eigenvalue weighted by atomic mass is 10.1. The van der Waals surface area contributed by atoms with Gasteiger partial charge < -0.3 is 16.2 Å². The van der Waals surface area contributed by atoms with Crippen LogP contribution >= 0.6 is 0 Å². The first kappa shape index (κ1) is 13.0. The van der Waals surface area contributed by atoms with Crippen molar-refractivity contribution >= 4 is 17.3 Å². The Morgan fingerprint density at radius 3 is 2.53 bits per heavy atom. The fraction of sp³-hybridized carbons (Fsp3) is 0.133. The van der Waals surface area contributed by atoms with Crippen LogP contribution in [0.4, 0.5) is 11.4 Å². The first-order chi connectivity index (χ1) is 9.18. The van der Waals surface area contributed by atoms with E-state index < -0.39 is 5.97 Å². The fourth-order valence-electron chi connectivity index (χ4n) is 1.92. The van der Waals surface area contributed by atoms with Gasteiger partial charge in [0, 0.05) is 6.54 Å². The third-order valence-corrected chi connectivity index (χ3v) is 2.89. The van der Waals surface area contributed by atoms with Crippen LogP contribution in [0.3, 0.4) is 0 Å². The molecule has 0 aliphatic heterocycles. The highest BCUT2D eigenvalue weighted by molar-refractivity contribution is 5.97. The van der Waals surface area contributed by atoms with Crippen molar-refractivity contribution in [1.29, 1.82) is 0 Å². The van der Waals surface area contributed by atoms with Crippen molar-refractivity contribution in [3.63, 3.8) is 0 Å². The second-order valence-corrected chi connectivity index (χ2v) is 4.24. The minimum Gasteiger partial charge on any atom is -0.478 e. The van der Waals surface area contributed by atoms with E-state index in [4.69, 9.17) is 10.8 Å². The van der Waals surface area contributed by atoms with Crippen LogP contribution in [0.5, 0.6) is 0 Å². The predicted molar refractivity (Wildman–Crippen MR) is 76.4 cm³/mol. The molecule has 2 aromatic carbocycles. The van der Waals surface area contributed by atoms with Crippen molar-refractivity contribution in [1.82, 2.24) is 0 Å². The zero-order chi connectivity index (χ0) is 13.7. The second kappa shape index (κ2) is 5.91. The van der Waals surface area contributed by atoms with Crippen LogP contribution in [-0.2, 0) is 6.42 Å². The van der Waals surface area contributed by atoms with Crippen LogP contribution in [0.2, 0.25) is 0 Å². The van der Waals surface area contributed by atoms with Crippen molar-refractivity contribution < 1.29 is 9.90 Å². The Morgan fingerprint density at radius 1 is 1.11 bits per heavy atom. The fourth-order valence-corrected chi connectivity index (χ4v) is 1.92. The molecule has 2 rings (SSSR count). The Morgan fingerprint density at radius 2 is 1.84 bits per heavy atom. The van der Waals surface area contributed by atoms with E-state index in [9.17, 15) is 4.79 Å². The molecule has 0 atom stereocenters. The van der Waals surface area contributed by atoms with E-state index in [1.54, 1.807) is 18.2 Å². The summed E-state index contributed by atoms with van der Waals surface area (Å²) in [6.07, 6.45) is 0.814. The van der Waals surface area contributed by atoms with Gasteiger partial charge in [-0.25, -0.2) is 4.79 Å². The van der Waals surface area contributed by atoms with Gasteiger partial charge in [-0.1, -0.05) is 36.4 Å². The Labute approximate surface area is 111 Å². The maximum Gasteiger partial charge on any atom is 0.337 e. The van der Waals surface area contributed by atoms with Crippen LogP contribution in [0.1, 0.15) is 15.9 Å². The van der Waals surface area contributed by atoms with E-state index in [0.29, 0.717) is 17.9 Å². The van der Waals surface area contributed by atoms with Gasteiger partial charge >= 0.3 is 5.97 Å². The molecule has 2 aromatic rings. The molecule has 0 heterocycles. The first-order valence-electron chi connectivity index (χ1n) is 6.08. The maximum absolute atomic E-state index is 11.1. The molecule has 0 aliphatic rings. The number of nitrogen functional groups attached to an aromatic ring is 1. The summed E-state index contributed by atoms with van der Waals surface area (Å²) in [6.45, 7) is 0.637. The van der Waals surface area contributed by atoms with Gasteiger partial charge in [0.1, 0.15) is 0 Å². The average Bonchev–Trinajstić information content (AvgIpc) is 2.41. The molecule has 4 nitrogen and oxygen atoms in total. The summed E-state index contributed by atoms with van der Waals surface area (Å²) in [5.41, 5.74) is 8.15. The van der Waals surface area contributed by atoms with Gasteiger partial charge in [-0.15, -0.1) is 0 Å². The third kappa shape index (κ3) is 3.25. The molecule has 0 saturated carbocycles. The smallest absolute Gasteiger partial charge is 0.337 e. The lowest BCUT2D eigenvalue weighted by molar-refractivity contribution is 0.0698. The molecule has 0 amide bonds.